The standard InChI is InChI=1S/C18H21N3O4/c1-24-9-10-25-13-17(22)21-16-6-4-14(5-7-16)11-20-18(23)15-3-2-8-19-12-15/h2-8,12H,9-11,13H2,1H3,(H,20,23)(H,21,22). The monoisotopic (exact) mass is 343 g/mol. The number of aromatic nitrogens is 1. The Hall–Kier alpha value is -2.77. The van der Waals surface area contributed by atoms with Gasteiger partial charge in [0.2, 0.25) is 5.91 Å². The Morgan fingerprint density at radius 3 is 2.60 bits per heavy atom. The number of rotatable bonds is 9. The first-order chi connectivity index (χ1) is 12.2. The molecule has 0 spiro atoms. The van der Waals surface area contributed by atoms with Crippen molar-refractivity contribution in [1.82, 2.24) is 10.3 Å². The third-order valence-electron chi connectivity index (χ3n) is 3.28. The molecule has 0 fully saturated rings. The van der Waals surface area contributed by atoms with Crippen molar-refractivity contribution in [3.05, 3.63) is 59.9 Å². The average molecular weight is 343 g/mol. The first kappa shape index (κ1) is 18.6. The number of amides is 2. The molecule has 2 rings (SSSR count). The van der Waals surface area contributed by atoms with Crippen LogP contribution < -0.4 is 10.6 Å². The molecule has 7 nitrogen and oxygen atoms in total. The fourth-order valence-electron chi connectivity index (χ4n) is 1.99. The largest absolute Gasteiger partial charge is 0.382 e. The summed E-state index contributed by atoms with van der Waals surface area (Å²) in [4.78, 5) is 27.6. The number of anilines is 1. The van der Waals surface area contributed by atoms with Crippen LogP contribution in [0, 0.1) is 0 Å². The van der Waals surface area contributed by atoms with Gasteiger partial charge in [0.25, 0.3) is 5.91 Å². The van der Waals surface area contributed by atoms with Gasteiger partial charge < -0.3 is 20.1 Å². The number of methoxy groups -OCH3 is 1. The summed E-state index contributed by atoms with van der Waals surface area (Å²) in [5.41, 5.74) is 2.11. The summed E-state index contributed by atoms with van der Waals surface area (Å²) >= 11 is 0. The van der Waals surface area contributed by atoms with Crippen LogP contribution in [0.25, 0.3) is 0 Å². The molecular weight excluding hydrogens is 322 g/mol. The highest BCUT2D eigenvalue weighted by Gasteiger charge is 2.05. The Morgan fingerprint density at radius 1 is 1.12 bits per heavy atom. The first-order valence-electron chi connectivity index (χ1n) is 7.82. The topological polar surface area (TPSA) is 89.5 Å². The molecular formula is C18H21N3O4. The number of hydrogen-bond acceptors (Lipinski definition) is 5. The predicted molar refractivity (Wildman–Crippen MR) is 93.2 cm³/mol. The van der Waals surface area contributed by atoms with E-state index >= 15 is 0 Å². The van der Waals surface area contributed by atoms with Gasteiger partial charge in [-0.3, -0.25) is 14.6 Å². The molecule has 2 amide bonds. The fourth-order valence-corrected chi connectivity index (χ4v) is 1.99. The molecule has 0 aliphatic rings. The molecule has 0 unspecified atom stereocenters. The number of nitrogens with one attached hydrogen (secondary N) is 2. The molecule has 132 valence electrons. The Kier molecular flexibility index (Phi) is 7.55. The smallest absolute Gasteiger partial charge is 0.253 e. The number of benzene rings is 1. The van der Waals surface area contributed by atoms with Gasteiger partial charge in [-0.05, 0) is 29.8 Å². The van der Waals surface area contributed by atoms with Gasteiger partial charge in [-0.25, -0.2) is 0 Å². The Bertz CT molecular complexity index is 674. The zero-order chi connectivity index (χ0) is 17.9. The van der Waals surface area contributed by atoms with Crippen molar-refractivity contribution in [2.75, 3.05) is 32.2 Å². The number of pyridine rings is 1. The SMILES string of the molecule is COCCOCC(=O)Nc1ccc(CNC(=O)c2cccnc2)cc1. The Morgan fingerprint density at radius 2 is 1.92 bits per heavy atom. The fraction of sp³-hybridized carbons (Fsp3) is 0.278. The van der Waals surface area contributed by atoms with E-state index in [1.807, 2.05) is 12.1 Å². The highest BCUT2D eigenvalue weighted by atomic mass is 16.5. The van der Waals surface area contributed by atoms with Crippen molar-refractivity contribution in [2.45, 2.75) is 6.54 Å². The molecule has 1 aromatic heterocycles. The molecule has 2 aromatic rings. The van der Waals surface area contributed by atoms with Gasteiger partial charge in [-0.1, -0.05) is 12.1 Å². The molecule has 0 aliphatic heterocycles. The summed E-state index contributed by atoms with van der Waals surface area (Å²) in [6, 6.07) is 10.6. The van der Waals surface area contributed by atoms with Crippen LogP contribution >= 0.6 is 0 Å². The van der Waals surface area contributed by atoms with Crippen molar-refractivity contribution in [3.63, 3.8) is 0 Å². The molecule has 0 saturated heterocycles. The zero-order valence-electron chi connectivity index (χ0n) is 14.0. The molecule has 1 heterocycles. The molecule has 1 aromatic carbocycles. The molecule has 0 atom stereocenters. The normalized spacial score (nSPS) is 10.3. The van der Waals surface area contributed by atoms with E-state index in [0.717, 1.165) is 5.56 Å². The van der Waals surface area contributed by atoms with Crippen LogP contribution in [0.2, 0.25) is 0 Å². The van der Waals surface area contributed by atoms with Crippen LogP contribution in [0.1, 0.15) is 15.9 Å². The molecule has 2 N–H and O–H groups in total. The minimum absolute atomic E-state index is 0.0215. The number of nitrogens with zero attached hydrogens (tertiary/aromatic N) is 1. The van der Waals surface area contributed by atoms with Crippen molar-refractivity contribution in [3.8, 4) is 0 Å². The van der Waals surface area contributed by atoms with Crippen LogP contribution in [0.4, 0.5) is 5.69 Å². The van der Waals surface area contributed by atoms with Gasteiger partial charge in [0.15, 0.2) is 0 Å². The van der Waals surface area contributed by atoms with Gasteiger partial charge in [0.05, 0.1) is 18.8 Å². The second-order valence-corrected chi connectivity index (χ2v) is 5.21. The third-order valence-corrected chi connectivity index (χ3v) is 3.28. The maximum atomic E-state index is 11.9. The summed E-state index contributed by atoms with van der Waals surface area (Å²) in [6.45, 7) is 1.20. The van der Waals surface area contributed by atoms with Gasteiger partial charge >= 0.3 is 0 Å². The first-order valence-corrected chi connectivity index (χ1v) is 7.82. The minimum Gasteiger partial charge on any atom is -0.382 e. The molecule has 7 heteroatoms. The Labute approximate surface area is 146 Å². The lowest BCUT2D eigenvalue weighted by atomic mass is 10.2. The number of hydrogen-bond donors (Lipinski definition) is 2. The minimum atomic E-state index is -0.228. The summed E-state index contributed by atoms with van der Waals surface area (Å²) in [7, 11) is 1.57. The molecule has 0 aliphatic carbocycles. The van der Waals surface area contributed by atoms with E-state index in [4.69, 9.17) is 9.47 Å². The second-order valence-electron chi connectivity index (χ2n) is 5.21. The molecule has 0 radical (unpaired) electrons. The van der Waals surface area contributed by atoms with E-state index in [1.165, 1.54) is 6.20 Å². The van der Waals surface area contributed by atoms with Crippen LogP contribution in [0.5, 0.6) is 0 Å². The highest BCUT2D eigenvalue weighted by molar-refractivity contribution is 5.93. The predicted octanol–water partition coefficient (Wildman–Crippen LogP) is 1.61. The van der Waals surface area contributed by atoms with Crippen molar-refractivity contribution >= 4 is 17.5 Å². The van der Waals surface area contributed by atoms with E-state index in [2.05, 4.69) is 15.6 Å². The van der Waals surface area contributed by atoms with E-state index in [0.29, 0.717) is 31.0 Å². The summed E-state index contributed by atoms with van der Waals surface area (Å²) in [5, 5.41) is 5.55. The zero-order valence-corrected chi connectivity index (χ0v) is 14.0. The average Bonchev–Trinajstić information content (AvgIpc) is 2.65. The second kappa shape index (κ2) is 10.2. The number of ether oxygens (including phenoxy) is 2. The Balaban J connectivity index is 1.76. The summed E-state index contributed by atoms with van der Waals surface area (Å²) < 4.78 is 9.98. The van der Waals surface area contributed by atoms with E-state index in [9.17, 15) is 9.59 Å². The lowest BCUT2D eigenvalue weighted by molar-refractivity contribution is -0.121. The van der Waals surface area contributed by atoms with Crippen LogP contribution in [-0.2, 0) is 20.8 Å². The number of carbonyl (C=O) groups is 2. The van der Waals surface area contributed by atoms with Crippen LogP contribution in [-0.4, -0.2) is 43.7 Å². The van der Waals surface area contributed by atoms with Gasteiger partial charge in [0.1, 0.15) is 6.61 Å². The maximum absolute atomic E-state index is 11.9. The molecule has 25 heavy (non-hydrogen) atoms. The van der Waals surface area contributed by atoms with Gasteiger partial charge in [-0.2, -0.15) is 0 Å². The maximum Gasteiger partial charge on any atom is 0.253 e. The van der Waals surface area contributed by atoms with Gasteiger partial charge in [0, 0.05) is 31.7 Å². The van der Waals surface area contributed by atoms with Crippen molar-refractivity contribution in [2.24, 2.45) is 0 Å². The van der Waals surface area contributed by atoms with Crippen LogP contribution in [0.15, 0.2) is 48.8 Å². The summed E-state index contributed by atoms with van der Waals surface area (Å²) in [6.07, 6.45) is 3.13. The van der Waals surface area contributed by atoms with Crippen molar-refractivity contribution in [1.29, 1.82) is 0 Å². The quantitative estimate of drug-likeness (QED) is 0.675. The lowest BCUT2D eigenvalue weighted by Crippen LogP contribution is -2.23. The molecule has 0 bridgehead atoms. The molecule has 0 saturated carbocycles. The summed E-state index contributed by atoms with van der Waals surface area (Å²) in [5.74, 6) is -0.410. The third kappa shape index (κ3) is 6.70. The van der Waals surface area contributed by atoms with Crippen LogP contribution in [0.3, 0.4) is 0 Å². The highest BCUT2D eigenvalue weighted by Crippen LogP contribution is 2.09. The van der Waals surface area contributed by atoms with E-state index in [-0.39, 0.29) is 18.4 Å². The number of carbonyl (C=O) groups excluding carboxylic acids is 2. The van der Waals surface area contributed by atoms with E-state index < -0.39 is 0 Å². The van der Waals surface area contributed by atoms with Gasteiger partial charge in [-0.15, -0.1) is 0 Å². The van der Waals surface area contributed by atoms with Crippen molar-refractivity contribution < 1.29 is 19.1 Å². The lowest BCUT2D eigenvalue weighted by Gasteiger charge is -2.08. The van der Waals surface area contributed by atoms with E-state index in [1.54, 1.807) is 37.6 Å².